The highest BCUT2D eigenvalue weighted by Crippen LogP contribution is 2.12. The minimum atomic E-state index is -0.501. The van der Waals surface area contributed by atoms with Crippen LogP contribution < -0.4 is 5.32 Å². The highest BCUT2D eigenvalue weighted by molar-refractivity contribution is 5.95. The van der Waals surface area contributed by atoms with Gasteiger partial charge in [0.05, 0.1) is 4.92 Å². The van der Waals surface area contributed by atoms with E-state index in [4.69, 9.17) is 0 Å². The van der Waals surface area contributed by atoms with Crippen LogP contribution in [-0.2, 0) is 0 Å². The Morgan fingerprint density at radius 1 is 1.28 bits per heavy atom. The van der Waals surface area contributed by atoms with Gasteiger partial charge in [-0.25, -0.2) is 0 Å². The van der Waals surface area contributed by atoms with Gasteiger partial charge in [-0.15, -0.1) is 0 Å². The van der Waals surface area contributed by atoms with Crippen molar-refractivity contribution in [1.82, 2.24) is 5.32 Å². The summed E-state index contributed by atoms with van der Waals surface area (Å²) >= 11 is 0. The van der Waals surface area contributed by atoms with Crippen molar-refractivity contribution in [2.24, 2.45) is 0 Å². The summed E-state index contributed by atoms with van der Waals surface area (Å²) in [4.78, 5) is 21.8. The van der Waals surface area contributed by atoms with Gasteiger partial charge in [-0.2, -0.15) is 0 Å². The molecule has 1 amide bonds. The standard InChI is InChI=1S/C13H14N2O3/c1-3-5-11(4-2)14-13(16)10-6-8-12(9-7-10)15(17)18/h3-9H,1-2H3,(H,14,16)/b5-3-,11-4+. The number of nitro benzene ring substituents is 1. The number of hydrogen-bond donors (Lipinski definition) is 1. The fourth-order valence-electron chi connectivity index (χ4n) is 1.33. The van der Waals surface area contributed by atoms with Crippen LogP contribution in [0.1, 0.15) is 24.2 Å². The Bertz CT molecular complexity index is 501. The fourth-order valence-corrected chi connectivity index (χ4v) is 1.33. The first-order chi connectivity index (χ1) is 8.58. The lowest BCUT2D eigenvalue weighted by Gasteiger charge is -2.05. The van der Waals surface area contributed by atoms with Crippen molar-refractivity contribution in [3.05, 3.63) is 63.9 Å². The highest BCUT2D eigenvalue weighted by atomic mass is 16.6. The van der Waals surface area contributed by atoms with Gasteiger partial charge in [0, 0.05) is 23.4 Å². The molecule has 0 fully saturated rings. The Hall–Kier alpha value is -2.43. The van der Waals surface area contributed by atoms with E-state index in [9.17, 15) is 14.9 Å². The van der Waals surface area contributed by atoms with E-state index in [1.165, 1.54) is 24.3 Å². The third-order valence-corrected chi connectivity index (χ3v) is 2.26. The second kappa shape index (κ2) is 6.34. The zero-order valence-corrected chi connectivity index (χ0v) is 10.2. The lowest BCUT2D eigenvalue weighted by atomic mass is 10.2. The van der Waals surface area contributed by atoms with Crippen LogP contribution >= 0.6 is 0 Å². The summed E-state index contributed by atoms with van der Waals surface area (Å²) in [6.45, 7) is 3.66. The number of benzene rings is 1. The van der Waals surface area contributed by atoms with Gasteiger partial charge < -0.3 is 5.32 Å². The van der Waals surface area contributed by atoms with Gasteiger partial charge in [0.15, 0.2) is 0 Å². The summed E-state index contributed by atoms with van der Waals surface area (Å²) in [6.07, 6.45) is 5.35. The van der Waals surface area contributed by atoms with Crippen molar-refractivity contribution in [1.29, 1.82) is 0 Å². The molecule has 5 heteroatoms. The molecule has 0 saturated heterocycles. The number of nitrogens with one attached hydrogen (secondary N) is 1. The topological polar surface area (TPSA) is 72.2 Å². The van der Waals surface area contributed by atoms with E-state index in [2.05, 4.69) is 5.32 Å². The molecule has 0 aliphatic carbocycles. The molecule has 5 nitrogen and oxygen atoms in total. The van der Waals surface area contributed by atoms with E-state index in [0.29, 0.717) is 11.3 Å². The van der Waals surface area contributed by atoms with Crippen LogP contribution in [0, 0.1) is 10.1 Å². The van der Waals surface area contributed by atoms with Crippen LogP contribution in [0.5, 0.6) is 0 Å². The van der Waals surface area contributed by atoms with E-state index in [1.807, 2.05) is 19.9 Å². The molecule has 0 aliphatic heterocycles. The molecule has 1 N–H and O–H groups in total. The molecule has 0 bridgehead atoms. The van der Waals surface area contributed by atoms with Crippen molar-refractivity contribution in [3.8, 4) is 0 Å². The molecule has 0 aliphatic rings. The van der Waals surface area contributed by atoms with E-state index >= 15 is 0 Å². The molecule has 0 aromatic heterocycles. The van der Waals surface area contributed by atoms with Crippen molar-refractivity contribution >= 4 is 11.6 Å². The van der Waals surface area contributed by atoms with Crippen LogP contribution in [0.3, 0.4) is 0 Å². The van der Waals surface area contributed by atoms with Gasteiger partial charge in [-0.3, -0.25) is 14.9 Å². The van der Waals surface area contributed by atoms with Crippen LogP contribution in [0.2, 0.25) is 0 Å². The van der Waals surface area contributed by atoms with Gasteiger partial charge in [-0.05, 0) is 32.1 Å². The summed E-state index contributed by atoms with van der Waals surface area (Å²) in [5.41, 5.74) is 1.02. The second-order valence-electron chi connectivity index (χ2n) is 3.50. The maximum atomic E-state index is 11.8. The average molecular weight is 246 g/mol. The van der Waals surface area contributed by atoms with Crippen molar-refractivity contribution < 1.29 is 9.72 Å². The summed E-state index contributed by atoms with van der Waals surface area (Å²) in [5, 5.41) is 13.2. The number of carbonyl (C=O) groups is 1. The van der Waals surface area contributed by atoms with Gasteiger partial charge in [0.2, 0.25) is 0 Å². The molecule has 0 atom stereocenters. The van der Waals surface area contributed by atoms with Crippen molar-refractivity contribution in [2.45, 2.75) is 13.8 Å². The average Bonchev–Trinajstić information content (AvgIpc) is 2.38. The van der Waals surface area contributed by atoms with Crippen LogP contribution in [0.4, 0.5) is 5.69 Å². The Morgan fingerprint density at radius 2 is 1.89 bits per heavy atom. The molecular weight excluding hydrogens is 232 g/mol. The molecule has 0 unspecified atom stereocenters. The molecule has 0 spiro atoms. The van der Waals surface area contributed by atoms with Gasteiger partial charge in [0.25, 0.3) is 11.6 Å². The number of nitro groups is 1. The SMILES string of the molecule is C/C=C\C(=C/C)NC(=O)c1ccc([N+](=O)[O-])cc1. The summed E-state index contributed by atoms with van der Waals surface area (Å²) in [6, 6.07) is 5.46. The van der Waals surface area contributed by atoms with E-state index < -0.39 is 4.92 Å². The Balaban J connectivity index is 2.82. The molecule has 0 heterocycles. The second-order valence-corrected chi connectivity index (χ2v) is 3.50. The number of carbonyl (C=O) groups excluding carboxylic acids is 1. The number of non-ortho nitro benzene ring substituents is 1. The Morgan fingerprint density at radius 3 is 2.33 bits per heavy atom. The fraction of sp³-hybridized carbons (Fsp3) is 0.154. The monoisotopic (exact) mass is 246 g/mol. The zero-order valence-electron chi connectivity index (χ0n) is 10.2. The highest BCUT2D eigenvalue weighted by Gasteiger charge is 2.09. The lowest BCUT2D eigenvalue weighted by molar-refractivity contribution is -0.384. The maximum Gasteiger partial charge on any atom is 0.269 e. The largest absolute Gasteiger partial charge is 0.322 e. The summed E-state index contributed by atoms with van der Waals surface area (Å²) < 4.78 is 0. The van der Waals surface area contributed by atoms with E-state index in [-0.39, 0.29) is 11.6 Å². The van der Waals surface area contributed by atoms with Gasteiger partial charge in [0.1, 0.15) is 0 Å². The predicted molar refractivity (Wildman–Crippen MR) is 69.1 cm³/mol. The maximum absolute atomic E-state index is 11.8. The van der Waals surface area contributed by atoms with Crippen LogP contribution in [0.25, 0.3) is 0 Å². The molecule has 0 saturated carbocycles. The number of nitrogens with zero attached hydrogens (tertiary/aromatic N) is 1. The van der Waals surface area contributed by atoms with Crippen LogP contribution in [-0.4, -0.2) is 10.8 Å². The van der Waals surface area contributed by atoms with E-state index in [1.54, 1.807) is 12.2 Å². The molecule has 18 heavy (non-hydrogen) atoms. The van der Waals surface area contributed by atoms with Crippen LogP contribution in [0.15, 0.2) is 48.2 Å². The molecular formula is C13H14N2O3. The minimum Gasteiger partial charge on any atom is -0.322 e. The van der Waals surface area contributed by atoms with Crippen molar-refractivity contribution in [3.63, 3.8) is 0 Å². The molecule has 1 aromatic rings. The first-order valence-corrected chi connectivity index (χ1v) is 5.43. The smallest absolute Gasteiger partial charge is 0.269 e. The van der Waals surface area contributed by atoms with Crippen molar-refractivity contribution in [2.75, 3.05) is 0 Å². The number of hydrogen-bond acceptors (Lipinski definition) is 3. The number of rotatable bonds is 4. The predicted octanol–water partition coefficient (Wildman–Crippen LogP) is 2.80. The molecule has 1 rings (SSSR count). The summed E-state index contributed by atoms with van der Waals surface area (Å²) in [5.74, 6) is -0.295. The summed E-state index contributed by atoms with van der Waals surface area (Å²) in [7, 11) is 0. The third-order valence-electron chi connectivity index (χ3n) is 2.26. The number of amides is 1. The van der Waals surface area contributed by atoms with E-state index in [0.717, 1.165) is 0 Å². The molecule has 0 radical (unpaired) electrons. The normalized spacial score (nSPS) is 11.6. The number of allylic oxidation sites excluding steroid dienone is 3. The molecule has 94 valence electrons. The zero-order chi connectivity index (χ0) is 13.5. The van der Waals surface area contributed by atoms with Gasteiger partial charge >= 0.3 is 0 Å². The lowest BCUT2D eigenvalue weighted by Crippen LogP contribution is -2.21. The minimum absolute atomic E-state index is 0.0359. The Kier molecular flexibility index (Phi) is 4.80. The first kappa shape index (κ1) is 13.6. The quantitative estimate of drug-likeness (QED) is 0.504. The Labute approximate surface area is 105 Å². The van der Waals surface area contributed by atoms with Gasteiger partial charge in [-0.1, -0.05) is 12.2 Å². The molecule has 1 aromatic carbocycles. The first-order valence-electron chi connectivity index (χ1n) is 5.43. The third kappa shape index (κ3) is 3.55.